The fraction of sp³-hybridized carbons (Fsp3) is 0.0952. The molecule has 0 spiro atoms. The van der Waals surface area contributed by atoms with Crippen molar-refractivity contribution in [2.75, 3.05) is 13.1 Å². The molecule has 0 fully saturated rings. The molecule has 0 unspecified atom stereocenters. The quantitative estimate of drug-likeness (QED) is 0.740. The first-order chi connectivity index (χ1) is 12.6. The van der Waals surface area contributed by atoms with Crippen LogP contribution in [0.25, 0.3) is 10.8 Å². The largest absolute Gasteiger partial charge is 0.350 e. The molecule has 1 N–H and O–H groups in total. The minimum atomic E-state index is -0.315. The fourth-order valence-corrected chi connectivity index (χ4v) is 3.15. The Bertz CT molecular complexity index is 973. The standard InChI is InChI=1S/C21H16N2O3/c24-19(14-6-2-1-3-7-14)22-10-11-23-20(25)17-12-15-8-4-5-9-16(15)13-18(17)21(23)26/h1-9,12-13H,10-11H2,(H,22,24). The summed E-state index contributed by atoms with van der Waals surface area (Å²) in [5, 5.41) is 4.59. The lowest BCUT2D eigenvalue weighted by Gasteiger charge is -2.14. The van der Waals surface area contributed by atoms with Crippen LogP contribution in [0.4, 0.5) is 0 Å². The first-order valence-electron chi connectivity index (χ1n) is 8.37. The lowest BCUT2D eigenvalue weighted by molar-refractivity contribution is 0.0650. The van der Waals surface area contributed by atoms with Crippen molar-refractivity contribution in [3.63, 3.8) is 0 Å². The molecule has 26 heavy (non-hydrogen) atoms. The Hall–Kier alpha value is -3.47. The van der Waals surface area contributed by atoms with Crippen LogP contribution in [-0.2, 0) is 0 Å². The fourth-order valence-electron chi connectivity index (χ4n) is 3.15. The molecule has 3 aromatic carbocycles. The highest BCUT2D eigenvalue weighted by Crippen LogP contribution is 2.27. The van der Waals surface area contributed by atoms with Crippen LogP contribution in [0.1, 0.15) is 31.1 Å². The third-order valence-electron chi connectivity index (χ3n) is 4.49. The van der Waals surface area contributed by atoms with Gasteiger partial charge in [0, 0.05) is 18.7 Å². The van der Waals surface area contributed by atoms with E-state index in [9.17, 15) is 14.4 Å². The maximum absolute atomic E-state index is 12.6. The first-order valence-corrected chi connectivity index (χ1v) is 8.37. The number of carbonyl (C=O) groups is 3. The van der Waals surface area contributed by atoms with Gasteiger partial charge >= 0.3 is 0 Å². The van der Waals surface area contributed by atoms with Crippen LogP contribution in [0.2, 0.25) is 0 Å². The van der Waals surface area contributed by atoms with Crippen molar-refractivity contribution >= 4 is 28.5 Å². The molecule has 0 aromatic heterocycles. The zero-order valence-electron chi connectivity index (χ0n) is 13.9. The van der Waals surface area contributed by atoms with E-state index in [-0.39, 0.29) is 30.8 Å². The summed E-state index contributed by atoms with van der Waals surface area (Å²) in [5.74, 6) is -0.859. The molecule has 0 bridgehead atoms. The second-order valence-corrected chi connectivity index (χ2v) is 6.13. The van der Waals surface area contributed by atoms with Gasteiger partial charge in [0.25, 0.3) is 17.7 Å². The lowest BCUT2D eigenvalue weighted by Crippen LogP contribution is -2.38. The summed E-state index contributed by atoms with van der Waals surface area (Å²) in [5.41, 5.74) is 1.38. The number of fused-ring (bicyclic) bond motifs is 2. The smallest absolute Gasteiger partial charge is 0.261 e. The van der Waals surface area contributed by atoms with Crippen LogP contribution in [0, 0.1) is 0 Å². The van der Waals surface area contributed by atoms with Gasteiger partial charge in [0.15, 0.2) is 0 Å². The van der Waals surface area contributed by atoms with Crippen molar-refractivity contribution in [3.05, 3.63) is 83.4 Å². The number of amides is 3. The molecule has 0 radical (unpaired) electrons. The number of nitrogens with zero attached hydrogens (tertiary/aromatic N) is 1. The Kier molecular flexibility index (Phi) is 3.97. The average molecular weight is 344 g/mol. The molecule has 5 heteroatoms. The monoisotopic (exact) mass is 344 g/mol. The SMILES string of the molecule is O=C(NCCN1C(=O)c2cc3ccccc3cc2C1=O)c1ccccc1. The van der Waals surface area contributed by atoms with Crippen molar-refractivity contribution < 1.29 is 14.4 Å². The second kappa shape index (κ2) is 6.44. The summed E-state index contributed by atoms with van der Waals surface area (Å²) in [6.45, 7) is 0.347. The van der Waals surface area contributed by atoms with E-state index in [1.54, 1.807) is 36.4 Å². The van der Waals surface area contributed by atoms with E-state index in [2.05, 4.69) is 5.32 Å². The molecule has 5 nitrogen and oxygen atoms in total. The molecule has 3 aromatic rings. The molecule has 1 aliphatic heterocycles. The van der Waals surface area contributed by atoms with Gasteiger partial charge in [-0.1, -0.05) is 42.5 Å². The van der Waals surface area contributed by atoms with Gasteiger partial charge in [0.2, 0.25) is 0 Å². The Balaban J connectivity index is 1.48. The van der Waals surface area contributed by atoms with Gasteiger partial charge in [-0.25, -0.2) is 0 Å². The van der Waals surface area contributed by atoms with Gasteiger partial charge in [-0.3, -0.25) is 19.3 Å². The Labute approximate surface area is 150 Å². The van der Waals surface area contributed by atoms with Crippen molar-refractivity contribution in [1.29, 1.82) is 0 Å². The average Bonchev–Trinajstić information content (AvgIpc) is 2.91. The summed E-state index contributed by atoms with van der Waals surface area (Å²) in [7, 11) is 0. The van der Waals surface area contributed by atoms with Crippen LogP contribution >= 0.6 is 0 Å². The number of imide groups is 1. The Morgan fingerprint density at radius 2 is 1.35 bits per heavy atom. The van der Waals surface area contributed by atoms with E-state index >= 15 is 0 Å². The number of nitrogens with one attached hydrogen (secondary N) is 1. The van der Waals surface area contributed by atoms with Gasteiger partial charge in [-0.15, -0.1) is 0 Å². The van der Waals surface area contributed by atoms with E-state index < -0.39 is 0 Å². The van der Waals surface area contributed by atoms with Gasteiger partial charge in [0.05, 0.1) is 11.1 Å². The molecule has 1 heterocycles. The highest BCUT2D eigenvalue weighted by molar-refractivity contribution is 6.23. The normalized spacial score (nSPS) is 13.2. The zero-order valence-corrected chi connectivity index (χ0v) is 13.9. The van der Waals surface area contributed by atoms with Gasteiger partial charge < -0.3 is 5.32 Å². The molecule has 4 rings (SSSR count). The molecule has 0 saturated carbocycles. The van der Waals surface area contributed by atoms with E-state index in [1.165, 1.54) is 4.90 Å². The van der Waals surface area contributed by atoms with Crippen LogP contribution in [0.3, 0.4) is 0 Å². The number of benzene rings is 3. The summed E-state index contributed by atoms with van der Waals surface area (Å²) in [6.07, 6.45) is 0. The van der Waals surface area contributed by atoms with Crippen molar-refractivity contribution in [2.24, 2.45) is 0 Å². The molecule has 0 aliphatic carbocycles. The summed E-state index contributed by atoms with van der Waals surface area (Å²) in [6, 6.07) is 20.0. The van der Waals surface area contributed by atoms with Crippen LogP contribution in [0.5, 0.6) is 0 Å². The maximum Gasteiger partial charge on any atom is 0.261 e. The summed E-state index contributed by atoms with van der Waals surface area (Å²) >= 11 is 0. The van der Waals surface area contributed by atoms with Crippen LogP contribution in [0.15, 0.2) is 66.7 Å². The predicted molar refractivity (Wildman–Crippen MR) is 98.1 cm³/mol. The molecule has 1 aliphatic rings. The van der Waals surface area contributed by atoms with Gasteiger partial charge in [-0.2, -0.15) is 0 Å². The Morgan fingerprint density at radius 1 is 0.808 bits per heavy atom. The number of hydrogen-bond acceptors (Lipinski definition) is 3. The molecule has 0 saturated heterocycles. The third-order valence-corrected chi connectivity index (χ3v) is 4.49. The number of hydrogen-bond donors (Lipinski definition) is 1. The lowest BCUT2D eigenvalue weighted by atomic mass is 10.0. The van der Waals surface area contributed by atoms with E-state index in [0.29, 0.717) is 16.7 Å². The summed E-state index contributed by atoms with van der Waals surface area (Å²) < 4.78 is 0. The summed E-state index contributed by atoms with van der Waals surface area (Å²) in [4.78, 5) is 38.4. The van der Waals surface area contributed by atoms with E-state index in [1.807, 2.05) is 30.3 Å². The van der Waals surface area contributed by atoms with Gasteiger partial charge in [0.1, 0.15) is 0 Å². The molecule has 0 atom stereocenters. The minimum Gasteiger partial charge on any atom is -0.350 e. The van der Waals surface area contributed by atoms with Crippen LogP contribution in [-0.4, -0.2) is 35.7 Å². The van der Waals surface area contributed by atoms with Crippen molar-refractivity contribution in [1.82, 2.24) is 10.2 Å². The van der Waals surface area contributed by atoms with Crippen LogP contribution < -0.4 is 5.32 Å². The zero-order chi connectivity index (χ0) is 18.1. The molecular formula is C21H16N2O3. The van der Waals surface area contributed by atoms with E-state index in [0.717, 1.165) is 10.8 Å². The highest BCUT2D eigenvalue weighted by Gasteiger charge is 2.35. The predicted octanol–water partition coefficient (Wildman–Crippen LogP) is 2.87. The molecule has 128 valence electrons. The third kappa shape index (κ3) is 2.73. The first kappa shape index (κ1) is 16.0. The number of rotatable bonds is 4. The second-order valence-electron chi connectivity index (χ2n) is 6.13. The number of carbonyl (C=O) groups excluding carboxylic acids is 3. The highest BCUT2D eigenvalue weighted by atomic mass is 16.2. The topological polar surface area (TPSA) is 66.5 Å². The van der Waals surface area contributed by atoms with Gasteiger partial charge in [-0.05, 0) is 35.0 Å². The molecular weight excluding hydrogens is 328 g/mol. The molecule has 3 amide bonds. The van der Waals surface area contributed by atoms with Crippen molar-refractivity contribution in [2.45, 2.75) is 0 Å². The van der Waals surface area contributed by atoms with E-state index in [4.69, 9.17) is 0 Å². The Morgan fingerprint density at radius 3 is 1.92 bits per heavy atom. The maximum atomic E-state index is 12.6. The minimum absolute atomic E-state index is 0.140. The van der Waals surface area contributed by atoms with Crippen molar-refractivity contribution in [3.8, 4) is 0 Å².